The molecule has 0 saturated carbocycles. The van der Waals surface area contributed by atoms with Gasteiger partial charge in [-0.15, -0.1) is 0 Å². The average Bonchev–Trinajstić information content (AvgIpc) is 3.37. The Hall–Kier alpha value is -2.95. The van der Waals surface area contributed by atoms with Crippen molar-refractivity contribution in [2.45, 2.75) is 12.6 Å². The number of fused-ring (bicyclic) bond motifs is 1. The van der Waals surface area contributed by atoms with E-state index in [-0.39, 0.29) is 28.4 Å². The van der Waals surface area contributed by atoms with Gasteiger partial charge in [-0.05, 0) is 12.5 Å². The summed E-state index contributed by atoms with van der Waals surface area (Å²) in [7, 11) is 0. The zero-order chi connectivity index (χ0) is 19.5. The Morgan fingerprint density at radius 3 is 2.71 bits per heavy atom. The van der Waals surface area contributed by atoms with Crippen molar-refractivity contribution in [2.75, 3.05) is 26.3 Å². The summed E-state index contributed by atoms with van der Waals surface area (Å²) in [6.07, 6.45) is 0.944. The lowest BCUT2D eigenvalue weighted by Gasteiger charge is -2.37. The lowest BCUT2D eigenvalue weighted by atomic mass is 9.85. The number of alkyl halides is 3. The first-order valence-electron chi connectivity index (χ1n) is 8.67. The zero-order valence-electron chi connectivity index (χ0n) is 14.6. The van der Waals surface area contributed by atoms with E-state index < -0.39 is 11.7 Å². The van der Waals surface area contributed by atoms with Gasteiger partial charge in [-0.3, -0.25) is 9.20 Å². The number of carbonyl (C=O) groups excluding carboxylic acids is 1. The first-order chi connectivity index (χ1) is 13.4. The van der Waals surface area contributed by atoms with E-state index in [1.165, 1.54) is 27.9 Å². The fraction of sp³-hybridized carbons (Fsp3) is 0.412. The molecular formula is C17H15F3N6O2. The summed E-state index contributed by atoms with van der Waals surface area (Å²) < 4.78 is 48.0. The van der Waals surface area contributed by atoms with Gasteiger partial charge in [-0.25, -0.2) is 14.6 Å². The maximum atomic E-state index is 13.4. The normalized spacial score (nSPS) is 18.8. The summed E-state index contributed by atoms with van der Waals surface area (Å²) >= 11 is 0. The summed E-state index contributed by atoms with van der Waals surface area (Å²) in [5.41, 5.74) is -0.541. The molecule has 5 heterocycles. The molecular weight excluding hydrogens is 377 g/mol. The minimum absolute atomic E-state index is 0.0147. The number of aromatic nitrogens is 5. The topological polar surface area (TPSA) is 77.5 Å². The van der Waals surface area contributed by atoms with Gasteiger partial charge >= 0.3 is 6.18 Å². The summed E-state index contributed by atoms with van der Waals surface area (Å²) in [5.74, 6) is -0.347. The molecule has 5 rings (SSSR count). The van der Waals surface area contributed by atoms with Crippen LogP contribution in [0, 0.1) is 5.41 Å². The SMILES string of the molecule is O=C(c1cnc2c(-n3cncn3)cc(C(F)(F)F)cn12)N1CCC2(COC2)C1. The second kappa shape index (κ2) is 5.77. The van der Waals surface area contributed by atoms with Gasteiger partial charge in [0, 0.05) is 24.7 Å². The van der Waals surface area contributed by atoms with Crippen LogP contribution in [0.25, 0.3) is 11.3 Å². The Kier molecular flexibility index (Phi) is 3.54. The van der Waals surface area contributed by atoms with Crippen LogP contribution in [0.2, 0.25) is 0 Å². The number of likely N-dealkylation sites (tertiary alicyclic amines) is 1. The third-order valence-electron chi connectivity index (χ3n) is 5.34. The highest BCUT2D eigenvalue weighted by molar-refractivity contribution is 5.94. The Balaban J connectivity index is 1.60. The molecule has 1 spiro atoms. The number of halogens is 3. The maximum Gasteiger partial charge on any atom is 0.417 e. The molecule has 0 bridgehead atoms. The van der Waals surface area contributed by atoms with Gasteiger partial charge in [0.2, 0.25) is 0 Å². The molecule has 0 unspecified atom stereocenters. The van der Waals surface area contributed by atoms with E-state index in [0.29, 0.717) is 26.3 Å². The molecule has 0 atom stereocenters. The van der Waals surface area contributed by atoms with E-state index in [1.807, 2.05) is 0 Å². The molecule has 0 aliphatic carbocycles. The predicted octanol–water partition coefficient (Wildman–Crippen LogP) is 1.80. The minimum atomic E-state index is -4.59. The molecule has 0 aromatic carbocycles. The molecule has 2 fully saturated rings. The standard InChI is InChI=1S/C17H15F3N6O2/c18-17(19,20)11-3-12(26-10-21-9-23-26)14-22-4-13(25(14)5-11)15(27)24-2-1-16(6-24)7-28-8-16/h3-5,9-10H,1-2,6-8H2. The van der Waals surface area contributed by atoms with Gasteiger partial charge in [0.1, 0.15) is 24.0 Å². The maximum absolute atomic E-state index is 13.4. The molecule has 3 aromatic heterocycles. The summed E-state index contributed by atoms with van der Waals surface area (Å²) in [5, 5.41) is 3.90. The Morgan fingerprint density at radius 1 is 1.29 bits per heavy atom. The molecule has 0 radical (unpaired) electrons. The van der Waals surface area contributed by atoms with Crippen LogP contribution in [-0.2, 0) is 10.9 Å². The average molecular weight is 392 g/mol. The number of carbonyl (C=O) groups is 1. The number of pyridine rings is 1. The largest absolute Gasteiger partial charge is 0.417 e. The lowest BCUT2D eigenvalue weighted by molar-refractivity contribution is -0.137. The number of amides is 1. The van der Waals surface area contributed by atoms with Gasteiger partial charge in [-0.1, -0.05) is 0 Å². The van der Waals surface area contributed by atoms with Crippen molar-refractivity contribution in [3.63, 3.8) is 0 Å². The van der Waals surface area contributed by atoms with Gasteiger partial charge in [0.15, 0.2) is 5.65 Å². The predicted molar refractivity (Wildman–Crippen MR) is 88.9 cm³/mol. The minimum Gasteiger partial charge on any atom is -0.380 e. The quantitative estimate of drug-likeness (QED) is 0.665. The molecule has 3 aromatic rings. The fourth-order valence-corrected chi connectivity index (χ4v) is 3.78. The summed E-state index contributed by atoms with van der Waals surface area (Å²) in [6.45, 7) is 2.30. The van der Waals surface area contributed by atoms with Crippen LogP contribution in [-0.4, -0.2) is 61.3 Å². The van der Waals surface area contributed by atoms with Crippen molar-refractivity contribution >= 4 is 11.6 Å². The van der Waals surface area contributed by atoms with Crippen molar-refractivity contribution in [2.24, 2.45) is 5.41 Å². The Bertz CT molecular complexity index is 1050. The van der Waals surface area contributed by atoms with Crippen LogP contribution in [0.4, 0.5) is 13.2 Å². The van der Waals surface area contributed by atoms with Crippen molar-refractivity contribution in [1.82, 2.24) is 29.0 Å². The fourth-order valence-electron chi connectivity index (χ4n) is 3.78. The number of ether oxygens (including phenoxy) is 1. The highest BCUT2D eigenvalue weighted by Crippen LogP contribution is 2.38. The third-order valence-corrected chi connectivity index (χ3v) is 5.34. The van der Waals surface area contributed by atoms with Crippen LogP contribution in [0.5, 0.6) is 0 Å². The van der Waals surface area contributed by atoms with Crippen molar-refractivity contribution in [3.8, 4) is 5.69 Å². The summed E-state index contributed by atoms with van der Waals surface area (Å²) in [6, 6.07) is 0.946. The van der Waals surface area contributed by atoms with Crippen LogP contribution in [0.15, 0.2) is 31.1 Å². The van der Waals surface area contributed by atoms with Crippen molar-refractivity contribution in [1.29, 1.82) is 0 Å². The highest BCUT2D eigenvalue weighted by Gasteiger charge is 2.46. The van der Waals surface area contributed by atoms with Gasteiger partial charge in [-0.2, -0.15) is 18.3 Å². The molecule has 1 amide bonds. The van der Waals surface area contributed by atoms with E-state index in [4.69, 9.17) is 4.74 Å². The van der Waals surface area contributed by atoms with E-state index >= 15 is 0 Å². The smallest absolute Gasteiger partial charge is 0.380 e. The third kappa shape index (κ3) is 2.57. The number of imidazole rings is 1. The van der Waals surface area contributed by atoms with Crippen LogP contribution in [0.1, 0.15) is 22.5 Å². The number of rotatable bonds is 2. The van der Waals surface area contributed by atoms with E-state index in [9.17, 15) is 18.0 Å². The van der Waals surface area contributed by atoms with Gasteiger partial charge in [0.05, 0.1) is 25.0 Å². The Labute approximate surface area is 156 Å². The molecule has 2 aliphatic rings. The molecule has 146 valence electrons. The Morgan fingerprint density at radius 2 is 2.11 bits per heavy atom. The summed E-state index contributed by atoms with van der Waals surface area (Å²) in [4.78, 5) is 22.6. The van der Waals surface area contributed by atoms with Gasteiger partial charge in [0.25, 0.3) is 5.91 Å². The molecule has 2 aliphatic heterocycles. The van der Waals surface area contributed by atoms with Crippen LogP contribution in [0.3, 0.4) is 0 Å². The van der Waals surface area contributed by atoms with Crippen molar-refractivity contribution < 1.29 is 22.7 Å². The highest BCUT2D eigenvalue weighted by atomic mass is 19.4. The molecule has 0 N–H and O–H groups in total. The molecule has 28 heavy (non-hydrogen) atoms. The first-order valence-corrected chi connectivity index (χ1v) is 8.67. The van der Waals surface area contributed by atoms with E-state index in [2.05, 4.69) is 15.1 Å². The molecule has 8 nitrogen and oxygen atoms in total. The monoisotopic (exact) mass is 392 g/mol. The second-order valence-corrected chi connectivity index (χ2v) is 7.26. The van der Waals surface area contributed by atoms with Crippen LogP contribution >= 0.6 is 0 Å². The second-order valence-electron chi connectivity index (χ2n) is 7.26. The first kappa shape index (κ1) is 17.2. The molecule has 2 saturated heterocycles. The number of hydrogen-bond acceptors (Lipinski definition) is 5. The van der Waals surface area contributed by atoms with E-state index in [0.717, 1.165) is 18.7 Å². The van der Waals surface area contributed by atoms with E-state index in [1.54, 1.807) is 4.90 Å². The van der Waals surface area contributed by atoms with Crippen LogP contribution < -0.4 is 0 Å². The van der Waals surface area contributed by atoms with Crippen molar-refractivity contribution in [3.05, 3.63) is 42.4 Å². The zero-order valence-corrected chi connectivity index (χ0v) is 14.6. The van der Waals surface area contributed by atoms with Gasteiger partial charge < -0.3 is 9.64 Å². The number of hydrogen-bond donors (Lipinski definition) is 0. The number of nitrogens with zero attached hydrogens (tertiary/aromatic N) is 6. The molecule has 11 heteroatoms. The lowest BCUT2D eigenvalue weighted by Crippen LogP contribution is -2.45.